The van der Waals surface area contributed by atoms with Crippen molar-refractivity contribution in [2.45, 2.75) is 26.2 Å². The molecular formula is C9H19O7P. The van der Waals surface area contributed by atoms with Crippen LogP contribution >= 0.6 is 7.82 Å². The summed E-state index contributed by atoms with van der Waals surface area (Å²) < 4.78 is 13.7. The van der Waals surface area contributed by atoms with Crippen LogP contribution in [0.3, 0.4) is 0 Å². The van der Waals surface area contributed by atoms with E-state index >= 15 is 0 Å². The van der Waals surface area contributed by atoms with Crippen LogP contribution < -0.4 is 0 Å². The van der Waals surface area contributed by atoms with E-state index in [0.717, 1.165) is 19.3 Å². The highest BCUT2D eigenvalue weighted by Crippen LogP contribution is 2.25. The van der Waals surface area contributed by atoms with Crippen LogP contribution in [0.5, 0.6) is 0 Å². The topological polar surface area (TPSA) is 124 Å². The Bertz CT molecular complexity index is 262. The second-order valence-electron chi connectivity index (χ2n) is 3.21. The van der Waals surface area contributed by atoms with Crippen molar-refractivity contribution in [3.8, 4) is 0 Å². The highest BCUT2D eigenvalue weighted by atomic mass is 31.2. The Balaban J connectivity index is 0. The zero-order valence-electron chi connectivity index (χ0n) is 9.70. The van der Waals surface area contributed by atoms with Gasteiger partial charge in [-0.1, -0.05) is 6.58 Å². The van der Waals surface area contributed by atoms with Crippen LogP contribution in [0.4, 0.5) is 0 Å². The van der Waals surface area contributed by atoms with Gasteiger partial charge >= 0.3 is 13.8 Å². The number of carbonyl (C=O) groups excluding carboxylic acids is 1. The van der Waals surface area contributed by atoms with Crippen LogP contribution in [0.2, 0.25) is 0 Å². The van der Waals surface area contributed by atoms with Crippen molar-refractivity contribution in [3.63, 3.8) is 0 Å². The maximum atomic E-state index is 10.8. The van der Waals surface area contributed by atoms with E-state index in [0.29, 0.717) is 12.2 Å². The molecule has 0 aromatic carbocycles. The second-order valence-corrected chi connectivity index (χ2v) is 4.24. The number of ether oxygens (including phenoxy) is 1. The van der Waals surface area contributed by atoms with E-state index in [1.54, 1.807) is 6.92 Å². The van der Waals surface area contributed by atoms with Gasteiger partial charge in [0.25, 0.3) is 0 Å². The van der Waals surface area contributed by atoms with Crippen molar-refractivity contribution in [3.05, 3.63) is 12.2 Å². The number of phosphoric acid groups is 1. The second kappa shape index (κ2) is 10.4. The van der Waals surface area contributed by atoms with Gasteiger partial charge in [-0.3, -0.25) is 0 Å². The van der Waals surface area contributed by atoms with E-state index < -0.39 is 7.82 Å². The SMILES string of the molecule is C=C(C)C(=O)OCCCCCO.O=P(O)(O)O. The lowest BCUT2D eigenvalue weighted by molar-refractivity contribution is -0.139. The molecule has 0 saturated carbocycles. The van der Waals surface area contributed by atoms with Crippen LogP contribution in [0.25, 0.3) is 0 Å². The van der Waals surface area contributed by atoms with Crippen molar-refractivity contribution >= 4 is 13.8 Å². The lowest BCUT2D eigenvalue weighted by atomic mass is 10.2. The van der Waals surface area contributed by atoms with E-state index in [9.17, 15) is 4.79 Å². The van der Waals surface area contributed by atoms with E-state index in [1.807, 2.05) is 0 Å². The van der Waals surface area contributed by atoms with Crippen LogP contribution in [-0.2, 0) is 14.1 Å². The Labute approximate surface area is 100.0 Å². The lowest BCUT2D eigenvalue weighted by Gasteiger charge is -2.02. The summed E-state index contributed by atoms with van der Waals surface area (Å²) in [6.45, 7) is 5.70. The number of hydrogen-bond acceptors (Lipinski definition) is 4. The maximum absolute atomic E-state index is 10.8. The molecule has 0 fully saturated rings. The molecule has 4 N–H and O–H groups in total. The fourth-order valence-electron chi connectivity index (χ4n) is 0.679. The van der Waals surface area contributed by atoms with Gasteiger partial charge in [-0.05, 0) is 26.2 Å². The van der Waals surface area contributed by atoms with Crippen LogP contribution in [0, 0.1) is 0 Å². The Morgan fingerprint density at radius 1 is 1.24 bits per heavy atom. The molecule has 0 aliphatic heterocycles. The summed E-state index contributed by atoms with van der Waals surface area (Å²) in [7, 11) is -4.64. The van der Waals surface area contributed by atoms with Gasteiger partial charge in [0.15, 0.2) is 0 Å². The maximum Gasteiger partial charge on any atom is 0.466 e. The van der Waals surface area contributed by atoms with Gasteiger partial charge in [-0.25, -0.2) is 9.36 Å². The minimum Gasteiger partial charge on any atom is -0.462 e. The van der Waals surface area contributed by atoms with Crippen LogP contribution in [0.1, 0.15) is 26.2 Å². The highest BCUT2D eigenvalue weighted by molar-refractivity contribution is 7.45. The number of rotatable bonds is 6. The van der Waals surface area contributed by atoms with Gasteiger partial charge in [-0.2, -0.15) is 0 Å². The molecule has 0 aromatic rings. The van der Waals surface area contributed by atoms with Gasteiger partial charge in [0.1, 0.15) is 0 Å². The largest absolute Gasteiger partial charge is 0.466 e. The molecule has 17 heavy (non-hydrogen) atoms. The Kier molecular flexibility index (Phi) is 11.4. The van der Waals surface area contributed by atoms with E-state index in [4.69, 9.17) is 29.1 Å². The molecule has 0 aromatic heterocycles. The molecule has 0 rings (SSSR count). The first-order chi connectivity index (χ1) is 7.68. The average molecular weight is 270 g/mol. The van der Waals surface area contributed by atoms with Crippen molar-refractivity contribution in [2.24, 2.45) is 0 Å². The molecule has 0 unspecified atom stereocenters. The smallest absolute Gasteiger partial charge is 0.462 e. The first-order valence-electron chi connectivity index (χ1n) is 4.90. The molecule has 0 bridgehead atoms. The molecule has 7 nitrogen and oxygen atoms in total. The molecule has 8 heteroatoms. The normalized spacial score (nSPS) is 10.2. The van der Waals surface area contributed by atoms with Crippen LogP contribution in [0.15, 0.2) is 12.2 Å². The van der Waals surface area contributed by atoms with E-state index in [2.05, 4.69) is 6.58 Å². The summed E-state index contributed by atoms with van der Waals surface area (Å²) in [5.41, 5.74) is 0.428. The van der Waals surface area contributed by atoms with Gasteiger partial charge in [0, 0.05) is 12.2 Å². The zero-order valence-corrected chi connectivity index (χ0v) is 10.6. The molecule has 102 valence electrons. The number of aliphatic hydroxyl groups is 1. The predicted molar refractivity (Wildman–Crippen MR) is 61.0 cm³/mol. The zero-order chi connectivity index (χ0) is 13.9. The molecule has 0 saturated heterocycles. The van der Waals surface area contributed by atoms with Crippen molar-refractivity contribution in [1.29, 1.82) is 0 Å². The first kappa shape index (κ1) is 18.6. The molecule has 0 aliphatic carbocycles. The minimum atomic E-state index is -4.64. The van der Waals surface area contributed by atoms with Gasteiger partial charge in [0.05, 0.1) is 6.61 Å². The number of hydrogen-bond donors (Lipinski definition) is 4. The lowest BCUT2D eigenvalue weighted by Crippen LogP contribution is -2.06. The van der Waals surface area contributed by atoms with Gasteiger partial charge in [-0.15, -0.1) is 0 Å². The molecule has 0 spiro atoms. The first-order valence-corrected chi connectivity index (χ1v) is 6.46. The average Bonchev–Trinajstić information content (AvgIpc) is 2.14. The summed E-state index contributed by atoms with van der Waals surface area (Å²) >= 11 is 0. The van der Waals surface area contributed by atoms with Crippen molar-refractivity contribution in [1.82, 2.24) is 0 Å². The molecule has 0 heterocycles. The number of aliphatic hydroxyl groups excluding tert-OH is 1. The quantitative estimate of drug-likeness (QED) is 0.237. The third kappa shape index (κ3) is 25.5. The van der Waals surface area contributed by atoms with Gasteiger partial charge < -0.3 is 24.5 Å². The third-order valence-electron chi connectivity index (χ3n) is 1.38. The van der Waals surface area contributed by atoms with Crippen LogP contribution in [-0.4, -0.2) is 39.0 Å². The Morgan fingerprint density at radius 3 is 2.06 bits per heavy atom. The molecule has 0 radical (unpaired) electrons. The Morgan fingerprint density at radius 2 is 1.71 bits per heavy atom. The fraction of sp³-hybridized carbons (Fsp3) is 0.667. The van der Waals surface area contributed by atoms with Crippen molar-refractivity contribution < 1.29 is 33.9 Å². The van der Waals surface area contributed by atoms with E-state index in [-0.39, 0.29) is 12.6 Å². The molecule has 0 atom stereocenters. The summed E-state index contributed by atoms with van der Waals surface area (Å²) in [6, 6.07) is 0. The monoisotopic (exact) mass is 270 g/mol. The predicted octanol–water partition coefficient (Wildman–Crippen LogP) is 0.340. The summed E-state index contributed by atoms with van der Waals surface area (Å²) in [4.78, 5) is 32.4. The standard InChI is InChI=1S/C9H16O3.H3O4P/c1-8(2)9(11)12-7-5-3-4-6-10;1-5(2,3)4/h10H,1,3-7H2,2H3;(H3,1,2,3,4). The third-order valence-corrected chi connectivity index (χ3v) is 1.38. The minimum absolute atomic E-state index is 0.203. The Hall–Kier alpha value is -0.720. The summed E-state index contributed by atoms with van der Waals surface area (Å²) in [5, 5.41) is 8.44. The van der Waals surface area contributed by atoms with Crippen molar-refractivity contribution in [2.75, 3.05) is 13.2 Å². The summed E-state index contributed by atoms with van der Waals surface area (Å²) in [5.74, 6) is -0.334. The number of unbranched alkanes of at least 4 members (excludes halogenated alkanes) is 2. The number of esters is 1. The summed E-state index contributed by atoms with van der Waals surface area (Å²) in [6.07, 6.45) is 2.46. The molecular weight excluding hydrogens is 251 g/mol. The van der Waals surface area contributed by atoms with Gasteiger partial charge in [0.2, 0.25) is 0 Å². The fourth-order valence-corrected chi connectivity index (χ4v) is 0.679. The highest BCUT2D eigenvalue weighted by Gasteiger charge is 2.01. The molecule has 0 aliphatic rings. The van der Waals surface area contributed by atoms with E-state index in [1.165, 1.54) is 0 Å². The molecule has 0 amide bonds. The number of carbonyl (C=O) groups is 1.